The fourth-order valence-corrected chi connectivity index (χ4v) is 2.07. The molecule has 0 spiro atoms. The summed E-state index contributed by atoms with van der Waals surface area (Å²) < 4.78 is 33.9. The van der Waals surface area contributed by atoms with Crippen LogP contribution in [0.25, 0.3) is 0 Å². The zero-order valence-electron chi connectivity index (χ0n) is 7.96. The molecule has 0 aromatic carbocycles. The Kier molecular flexibility index (Phi) is 4.76. The van der Waals surface area contributed by atoms with Crippen LogP contribution in [0.15, 0.2) is 18.7 Å². The summed E-state index contributed by atoms with van der Waals surface area (Å²) in [4.78, 5) is 0. The lowest BCUT2D eigenvalue weighted by molar-refractivity contribution is -0.701. The van der Waals surface area contributed by atoms with Gasteiger partial charge in [0.25, 0.3) is 0 Å². The number of aryl methyl sites for hydroxylation is 1. The van der Waals surface area contributed by atoms with E-state index in [-0.39, 0.29) is 17.0 Å². The normalized spacial score (nSPS) is 13.4. The third kappa shape index (κ3) is 3.07. The SMILES string of the molecule is CCC([n+]1ccn(C)c1)S(=O)(=O)O.[Br-]. The fourth-order valence-electron chi connectivity index (χ4n) is 1.22. The average molecular weight is 285 g/mol. The number of rotatable bonds is 3. The van der Waals surface area contributed by atoms with E-state index < -0.39 is 15.5 Å². The van der Waals surface area contributed by atoms with Crippen LogP contribution in [0.3, 0.4) is 0 Å². The number of hydrogen-bond donors (Lipinski definition) is 1. The molecule has 0 saturated heterocycles. The molecule has 7 heteroatoms. The molecule has 0 fully saturated rings. The summed E-state index contributed by atoms with van der Waals surface area (Å²) in [5, 5.41) is -0.881. The van der Waals surface area contributed by atoms with Gasteiger partial charge in [0.05, 0.1) is 7.05 Å². The van der Waals surface area contributed by atoms with E-state index in [1.165, 1.54) is 4.57 Å². The van der Waals surface area contributed by atoms with Crippen molar-refractivity contribution in [3.63, 3.8) is 0 Å². The molecule has 14 heavy (non-hydrogen) atoms. The Morgan fingerprint density at radius 1 is 1.57 bits per heavy atom. The highest BCUT2D eigenvalue weighted by Gasteiger charge is 2.27. The van der Waals surface area contributed by atoms with E-state index in [0.717, 1.165) is 0 Å². The van der Waals surface area contributed by atoms with Crippen molar-refractivity contribution in [2.24, 2.45) is 7.05 Å². The van der Waals surface area contributed by atoms with Crippen molar-refractivity contribution in [2.75, 3.05) is 0 Å². The minimum atomic E-state index is -4.01. The predicted molar refractivity (Wildman–Crippen MR) is 46.5 cm³/mol. The summed E-state index contributed by atoms with van der Waals surface area (Å²) in [5.41, 5.74) is 0. The second kappa shape index (κ2) is 4.90. The Balaban J connectivity index is 0.00000169. The fraction of sp³-hybridized carbons (Fsp3) is 0.571. The second-order valence-electron chi connectivity index (χ2n) is 2.90. The summed E-state index contributed by atoms with van der Waals surface area (Å²) >= 11 is 0. The second-order valence-corrected chi connectivity index (χ2v) is 4.48. The van der Waals surface area contributed by atoms with Crippen molar-refractivity contribution in [2.45, 2.75) is 18.7 Å². The smallest absolute Gasteiger partial charge is 0.307 e. The molecule has 1 aromatic heterocycles. The Labute approximate surface area is 93.9 Å². The van der Waals surface area contributed by atoms with Gasteiger partial charge in [0.15, 0.2) is 0 Å². The van der Waals surface area contributed by atoms with Gasteiger partial charge in [-0.05, 0) is 0 Å². The molecular weight excluding hydrogens is 272 g/mol. The molecule has 0 saturated carbocycles. The number of hydrogen-bond acceptors (Lipinski definition) is 2. The van der Waals surface area contributed by atoms with Crippen LogP contribution in [0, 0.1) is 0 Å². The van der Waals surface area contributed by atoms with Gasteiger partial charge >= 0.3 is 10.1 Å². The molecule has 0 amide bonds. The van der Waals surface area contributed by atoms with Crippen LogP contribution in [-0.4, -0.2) is 17.5 Å². The van der Waals surface area contributed by atoms with Crippen LogP contribution >= 0.6 is 0 Å². The molecule has 5 nitrogen and oxygen atoms in total. The molecule has 0 aliphatic carbocycles. The lowest BCUT2D eigenvalue weighted by Crippen LogP contribution is -3.00. The zero-order chi connectivity index (χ0) is 10.1. The molecule has 0 aliphatic rings. The third-order valence-corrected chi connectivity index (χ3v) is 3.08. The maximum absolute atomic E-state index is 10.9. The third-order valence-electron chi connectivity index (χ3n) is 1.82. The molecule has 1 N–H and O–H groups in total. The quantitative estimate of drug-likeness (QED) is 0.479. The molecule has 1 atom stereocenters. The maximum atomic E-state index is 10.9. The summed E-state index contributed by atoms with van der Waals surface area (Å²) in [6.45, 7) is 1.71. The standard InChI is InChI=1S/C7H12N2O3S.BrH/c1-3-7(13(10,11)12)9-5-4-8(2)6-9;/h4-7H,3H2,1-2H3;1H. The molecule has 82 valence electrons. The van der Waals surface area contributed by atoms with Crippen molar-refractivity contribution >= 4 is 10.1 Å². The van der Waals surface area contributed by atoms with Gasteiger partial charge in [-0.3, -0.25) is 4.55 Å². The largest absolute Gasteiger partial charge is 1.00 e. The van der Waals surface area contributed by atoms with Gasteiger partial charge in [-0.1, -0.05) is 6.92 Å². The van der Waals surface area contributed by atoms with E-state index in [1.807, 2.05) is 0 Å². The van der Waals surface area contributed by atoms with E-state index in [1.54, 1.807) is 37.3 Å². The highest BCUT2D eigenvalue weighted by Crippen LogP contribution is 2.09. The maximum Gasteiger partial charge on any atom is 0.307 e. The monoisotopic (exact) mass is 284 g/mol. The summed E-state index contributed by atoms with van der Waals surface area (Å²) in [5.74, 6) is 0. The molecular formula is C7H13BrN2O3S. The van der Waals surface area contributed by atoms with Gasteiger partial charge in [-0.15, -0.1) is 0 Å². The van der Waals surface area contributed by atoms with Crippen molar-refractivity contribution in [1.82, 2.24) is 4.57 Å². The van der Waals surface area contributed by atoms with E-state index in [9.17, 15) is 8.42 Å². The summed E-state index contributed by atoms with van der Waals surface area (Å²) in [6.07, 6.45) is 5.28. The summed E-state index contributed by atoms with van der Waals surface area (Å²) in [7, 11) is -2.22. The van der Waals surface area contributed by atoms with Crippen molar-refractivity contribution in [3.05, 3.63) is 18.7 Å². The average Bonchev–Trinajstić information content (AvgIpc) is 2.34. The lowest BCUT2D eigenvalue weighted by Gasteiger charge is -2.06. The van der Waals surface area contributed by atoms with Gasteiger partial charge < -0.3 is 17.0 Å². The number of nitrogens with zero attached hydrogens (tertiary/aromatic N) is 2. The minimum absolute atomic E-state index is 0. The molecule has 1 rings (SSSR count). The first-order valence-electron chi connectivity index (χ1n) is 3.94. The van der Waals surface area contributed by atoms with Crippen molar-refractivity contribution in [1.29, 1.82) is 0 Å². The van der Waals surface area contributed by atoms with E-state index >= 15 is 0 Å². The highest BCUT2D eigenvalue weighted by atomic mass is 79.9. The van der Waals surface area contributed by atoms with Gasteiger partial charge in [0, 0.05) is 6.42 Å². The Bertz CT molecular complexity index is 387. The van der Waals surface area contributed by atoms with Crippen LogP contribution in [0.5, 0.6) is 0 Å². The van der Waals surface area contributed by atoms with Crippen LogP contribution in [0.4, 0.5) is 0 Å². The first-order valence-corrected chi connectivity index (χ1v) is 5.44. The number of halogens is 1. The van der Waals surface area contributed by atoms with E-state index in [4.69, 9.17) is 4.55 Å². The van der Waals surface area contributed by atoms with Gasteiger partial charge in [0.1, 0.15) is 12.4 Å². The summed E-state index contributed by atoms with van der Waals surface area (Å²) in [6, 6.07) is 0. The Hall–Kier alpha value is -0.400. The van der Waals surface area contributed by atoms with Crippen LogP contribution in [0.2, 0.25) is 0 Å². The molecule has 1 unspecified atom stereocenters. The molecule has 0 aliphatic heterocycles. The molecule has 0 bridgehead atoms. The number of imidazole rings is 1. The molecule has 1 heterocycles. The van der Waals surface area contributed by atoms with E-state index in [2.05, 4.69) is 0 Å². The predicted octanol–water partition coefficient (Wildman–Crippen LogP) is -2.89. The van der Waals surface area contributed by atoms with Crippen LogP contribution in [0.1, 0.15) is 18.7 Å². The highest BCUT2D eigenvalue weighted by molar-refractivity contribution is 7.85. The minimum Gasteiger partial charge on any atom is -1.00 e. The molecule has 1 aromatic rings. The van der Waals surface area contributed by atoms with E-state index in [0.29, 0.717) is 6.42 Å². The van der Waals surface area contributed by atoms with Gasteiger partial charge in [-0.2, -0.15) is 8.42 Å². The number of aromatic nitrogens is 2. The zero-order valence-corrected chi connectivity index (χ0v) is 10.4. The van der Waals surface area contributed by atoms with Gasteiger partial charge in [-0.25, -0.2) is 9.13 Å². The van der Waals surface area contributed by atoms with Crippen LogP contribution < -0.4 is 21.5 Å². The molecule has 0 radical (unpaired) electrons. The Morgan fingerprint density at radius 3 is 2.43 bits per heavy atom. The van der Waals surface area contributed by atoms with Crippen LogP contribution in [-0.2, 0) is 17.2 Å². The van der Waals surface area contributed by atoms with Crippen molar-refractivity contribution < 1.29 is 34.5 Å². The first-order chi connectivity index (χ1) is 5.95. The topological polar surface area (TPSA) is 63.2 Å². The Morgan fingerprint density at radius 2 is 2.14 bits per heavy atom. The van der Waals surface area contributed by atoms with Gasteiger partial charge in [0.2, 0.25) is 11.7 Å². The van der Waals surface area contributed by atoms with Crippen molar-refractivity contribution in [3.8, 4) is 0 Å². The first kappa shape index (κ1) is 13.6. The lowest BCUT2D eigenvalue weighted by atomic mass is 10.5.